The summed E-state index contributed by atoms with van der Waals surface area (Å²) in [6, 6.07) is 19.0. The molecule has 2 aromatic carbocycles. The zero-order chi connectivity index (χ0) is 55.7. The summed E-state index contributed by atoms with van der Waals surface area (Å²) < 4.78 is 61.9. The molecule has 2 spiro atoms. The number of rotatable bonds is 21. The van der Waals surface area contributed by atoms with Crippen molar-refractivity contribution in [2.75, 3.05) is 119 Å². The zero-order valence-electron chi connectivity index (χ0n) is 47.2. The van der Waals surface area contributed by atoms with Crippen LogP contribution in [0.4, 0.5) is 0 Å². The van der Waals surface area contributed by atoms with Crippen molar-refractivity contribution in [3.05, 3.63) is 119 Å². The summed E-state index contributed by atoms with van der Waals surface area (Å²) in [5, 5.41) is 0. The summed E-state index contributed by atoms with van der Waals surface area (Å²) in [4.78, 5) is 43.0. The van der Waals surface area contributed by atoms with Crippen LogP contribution in [0.25, 0.3) is 0 Å². The molecule has 2 saturated carbocycles. The first-order valence-electron chi connectivity index (χ1n) is 28.8. The van der Waals surface area contributed by atoms with Crippen LogP contribution in [-0.4, -0.2) is 169 Å². The van der Waals surface area contributed by atoms with Crippen molar-refractivity contribution in [1.29, 1.82) is 0 Å². The van der Waals surface area contributed by atoms with Gasteiger partial charge in [0.1, 0.15) is 55.9 Å². The van der Waals surface area contributed by atoms with E-state index < -0.39 is 10.1 Å². The lowest BCUT2D eigenvalue weighted by Gasteiger charge is -2.39. The fraction of sp³-hybridized carbons (Fsp3) is 0.548. The molecule has 5 fully saturated rings. The Morgan fingerprint density at radius 3 is 1.49 bits per heavy atom. The SMILES string of the molecule is COc1cc(C2CN(C(=O)c3cc(OCCN4CCN(C)CC4)ccn3)C2)ccc1OCC1=CC2(CCCC2)CC1.COc1cc(C2CN(C(=O)c3cc(OCCOS(C)(=O)=O)ccn3)C2)ccc1OCC1=CC2(CCCC2)CC1. The molecule has 0 radical (unpaired) electrons. The van der Waals surface area contributed by atoms with E-state index in [9.17, 15) is 18.0 Å². The number of carbonyl (C=O) groups is 2. The van der Waals surface area contributed by atoms with Crippen LogP contribution in [0.5, 0.6) is 34.5 Å². The van der Waals surface area contributed by atoms with Gasteiger partial charge in [0.2, 0.25) is 0 Å². The third-order valence-electron chi connectivity index (χ3n) is 17.4. The average molecular weight is 1120 g/mol. The van der Waals surface area contributed by atoms with E-state index in [1.54, 1.807) is 43.5 Å². The van der Waals surface area contributed by atoms with Crippen LogP contribution >= 0.6 is 0 Å². The van der Waals surface area contributed by atoms with E-state index >= 15 is 0 Å². The highest BCUT2D eigenvalue weighted by molar-refractivity contribution is 7.85. The van der Waals surface area contributed by atoms with Gasteiger partial charge in [-0.25, -0.2) is 0 Å². The Kier molecular flexibility index (Phi) is 18.3. The highest BCUT2D eigenvalue weighted by atomic mass is 32.2. The Hall–Kier alpha value is -6.21. The summed E-state index contributed by atoms with van der Waals surface area (Å²) in [6.45, 7) is 9.44. The van der Waals surface area contributed by atoms with Crippen LogP contribution in [-0.2, 0) is 14.3 Å². The molecule has 2 aromatic heterocycles. The van der Waals surface area contributed by atoms with E-state index in [-0.39, 0.29) is 42.6 Å². The van der Waals surface area contributed by atoms with Crippen molar-refractivity contribution >= 4 is 21.9 Å². The molecular weight excluding hydrogens is 1040 g/mol. The largest absolute Gasteiger partial charge is 0.493 e. The second kappa shape index (κ2) is 25.7. The van der Waals surface area contributed by atoms with Gasteiger partial charge in [0.05, 0.1) is 20.5 Å². The van der Waals surface area contributed by atoms with E-state index in [0.717, 1.165) is 80.2 Å². The first kappa shape index (κ1) is 57.0. The molecule has 80 heavy (non-hydrogen) atoms. The van der Waals surface area contributed by atoms with Crippen LogP contribution in [0.3, 0.4) is 0 Å². The van der Waals surface area contributed by atoms with Crippen molar-refractivity contribution in [1.82, 2.24) is 29.6 Å². The topological polar surface area (TPSA) is 172 Å². The number of hydrogen-bond acceptors (Lipinski definition) is 15. The van der Waals surface area contributed by atoms with Gasteiger partial charge in [-0.05, 0) is 128 Å². The normalized spacial score (nSPS) is 19.9. The van der Waals surface area contributed by atoms with E-state index in [1.165, 1.54) is 81.6 Å². The van der Waals surface area contributed by atoms with E-state index in [0.29, 0.717) is 79.8 Å². The Morgan fingerprint density at radius 1 is 0.575 bits per heavy atom. The molecule has 3 saturated heterocycles. The van der Waals surface area contributed by atoms with Gasteiger partial charge in [-0.1, -0.05) is 50.0 Å². The maximum atomic E-state index is 13.1. The molecule has 2 amide bonds. The molecule has 17 nitrogen and oxygen atoms in total. The van der Waals surface area contributed by atoms with E-state index in [2.05, 4.69) is 61.3 Å². The number of allylic oxidation sites excluding steroid dienone is 2. The highest BCUT2D eigenvalue weighted by Crippen LogP contribution is 2.50. The van der Waals surface area contributed by atoms with Crippen molar-refractivity contribution in [3.8, 4) is 34.5 Å². The minimum atomic E-state index is -3.52. The maximum Gasteiger partial charge on any atom is 0.272 e. The van der Waals surface area contributed by atoms with Crippen LogP contribution in [0.1, 0.15) is 121 Å². The number of likely N-dealkylation sites (N-methyl/N-ethyl adjacent to an activating group) is 1. The third kappa shape index (κ3) is 14.4. The smallest absolute Gasteiger partial charge is 0.272 e. The molecule has 0 unspecified atom stereocenters. The predicted octanol–water partition coefficient (Wildman–Crippen LogP) is 8.96. The van der Waals surface area contributed by atoms with Crippen LogP contribution in [0, 0.1) is 10.8 Å². The number of benzene rings is 2. The molecule has 4 aromatic rings. The lowest BCUT2D eigenvalue weighted by atomic mass is 9.86. The van der Waals surface area contributed by atoms with Gasteiger partial charge in [-0.3, -0.25) is 28.6 Å². The quantitative estimate of drug-likeness (QED) is 0.0440. The number of likely N-dealkylation sites (tertiary alicyclic amines) is 2. The second-order valence-electron chi connectivity index (χ2n) is 23.1. The molecule has 0 N–H and O–H groups in total. The number of methoxy groups -OCH3 is 2. The van der Waals surface area contributed by atoms with Gasteiger partial charge < -0.3 is 43.1 Å². The molecule has 0 atom stereocenters. The molecule has 18 heteroatoms. The molecule has 3 aliphatic heterocycles. The minimum Gasteiger partial charge on any atom is -0.493 e. The van der Waals surface area contributed by atoms with Crippen LogP contribution in [0.2, 0.25) is 0 Å². The van der Waals surface area contributed by atoms with E-state index in [4.69, 9.17) is 28.4 Å². The third-order valence-corrected chi connectivity index (χ3v) is 18.0. The lowest BCUT2D eigenvalue weighted by molar-refractivity contribution is 0.0589. The van der Waals surface area contributed by atoms with Gasteiger partial charge in [-0.15, -0.1) is 0 Å². The van der Waals surface area contributed by atoms with Gasteiger partial charge in [0.25, 0.3) is 21.9 Å². The summed E-state index contributed by atoms with van der Waals surface area (Å²) >= 11 is 0. The summed E-state index contributed by atoms with van der Waals surface area (Å²) in [6.07, 6.45) is 24.6. The number of carbonyl (C=O) groups excluding carboxylic acids is 2. The van der Waals surface area contributed by atoms with Crippen molar-refractivity contribution in [3.63, 3.8) is 0 Å². The number of amides is 2. The predicted molar refractivity (Wildman–Crippen MR) is 305 cm³/mol. The molecule has 11 rings (SSSR count). The molecule has 0 bridgehead atoms. The Labute approximate surface area is 472 Å². The summed E-state index contributed by atoms with van der Waals surface area (Å²) in [5.74, 6) is 4.34. The number of pyridine rings is 2. The minimum absolute atomic E-state index is 0.0381. The zero-order valence-corrected chi connectivity index (χ0v) is 48.0. The molecule has 430 valence electrons. The monoisotopic (exact) mass is 1120 g/mol. The van der Waals surface area contributed by atoms with Crippen molar-refractivity contribution in [2.24, 2.45) is 10.8 Å². The number of aromatic nitrogens is 2. The Bertz CT molecular complexity index is 2970. The van der Waals surface area contributed by atoms with Gasteiger partial charge in [0, 0.05) is 95.3 Å². The average Bonchev–Trinajstić information content (AvgIpc) is 4.34. The first-order valence-corrected chi connectivity index (χ1v) is 30.6. The summed E-state index contributed by atoms with van der Waals surface area (Å²) in [5.41, 5.74) is 6.67. The fourth-order valence-corrected chi connectivity index (χ4v) is 13.0. The maximum absolute atomic E-state index is 13.1. The van der Waals surface area contributed by atoms with Crippen molar-refractivity contribution in [2.45, 2.75) is 88.9 Å². The van der Waals surface area contributed by atoms with Crippen LogP contribution < -0.4 is 28.4 Å². The van der Waals surface area contributed by atoms with Crippen LogP contribution in [0.15, 0.2) is 96.4 Å². The standard InChI is InChI=1S/C33H44N4O4.C29H36N2O7S/c1-35-13-15-36(16-14-35)17-18-40-28-8-12-34-29(20-28)32(38)37-22-27(23-37)26-5-6-30(31(19-26)39-2)41-24-25-7-11-33(21-25)9-3-4-10-33;1-35-27-15-22(5-6-26(27)37-20-21-7-11-29(17-21)9-3-4-10-29)23-18-31(19-23)28(32)25-16-24(8-12-30-25)36-13-14-38-39(2,33)34/h5-6,8,12,19-21,27H,3-4,7,9-11,13-18,22-24H2,1-2H3;5-6,8,12,15-17,23H,3-4,7,9-11,13-14,18-20H2,1-2H3. The second-order valence-corrected chi connectivity index (χ2v) is 24.7. The summed E-state index contributed by atoms with van der Waals surface area (Å²) in [7, 11) is 1.98. The van der Waals surface area contributed by atoms with E-state index in [1.807, 2.05) is 29.2 Å². The number of nitrogens with zero attached hydrogens (tertiary/aromatic N) is 6. The number of hydrogen-bond donors (Lipinski definition) is 0. The van der Waals surface area contributed by atoms with Crippen molar-refractivity contribution < 1.29 is 50.6 Å². The lowest BCUT2D eigenvalue weighted by Crippen LogP contribution is -2.48. The number of piperazine rings is 1. The Morgan fingerprint density at radius 2 is 1.04 bits per heavy atom. The van der Waals surface area contributed by atoms with Gasteiger partial charge >= 0.3 is 0 Å². The fourth-order valence-electron chi connectivity index (χ4n) is 12.6. The number of ether oxygens (including phenoxy) is 6. The molecule has 4 aliphatic carbocycles. The molecule has 7 aliphatic rings. The van der Waals surface area contributed by atoms with Gasteiger partial charge in [-0.2, -0.15) is 8.42 Å². The highest BCUT2D eigenvalue weighted by Gasteiger charge is 2.38. The van der Waals surface area contributed by atoms with Gasteiger partial charge in [0.15, 0.2) is 23.0 Å². The Balaban J connectivity index is 0.000000180. The molecular formula is C62H80N6O11S. The molecule has 5 heterocycles. The first-order chi connectivity index (χ1) is 38.7.